The fourth-order valence-electron chi connectivity index (χ4n) is 1.33. The zero-order valence-electron chi connectivity index (χ0n) is 7.74. The van der Waals surface area contributed by atoms with Gasteiger partial charge in [0, 0.05) is 6.54 Å². The average Bonchev–Trinajstić information content (AvgIpc) is 2.15. The van der Waals surface area contributed by atoms with E-state index < -0.39 is 0 Å². The maximum absolute atomic E-state index is 3.82. The standard InChI is InChI=1S/C11H17N/c1-3-5-9-12-10-7-6-8-11(12)4-2/h4,6-8,10-11H,2-3,5,9H2,1H3. The Morgan fingerprint density at radius 2 is 2.33 bits per heavy atom. The van der Waals surface area contributed by atoms with Crippen molar-refractivity contribution in [3.05, 3.63) is 37.1 Å². The quantitative estimate of drug-likeness (QED) is 0.576. The Hall–Kier alpha value is -0.980. The smallest absolute Gasteiger partial charge is 0.0652 e. The lowest BCUT2D eigenvalue weighted by Crippen LogP contribution is -2.29. The third-order valence-corrected chi connectivity index (χ3v) is 2.09. The molecule has 1 rings (SSSR count). The second-order valence-corrected chi connectivity index (χ2v) is 3.04. The van der Waals surface area contributed by atoms with E-state index in [0.717, 1.165) is 6.54 Å². The third kappa shape index (κ3) is 2.26. The van der Waals surface area contributed by atoms with Crippen molar-refractivity contribution in [2.75, 3.05) is 6.54 Å². The van der Waals surface area contributed by atoms with Crippen LogP contribution in [0.4, 0.5) is 0 Å². The van der Waals surface area contributed by atoms with E-state index in [1.807, 2.05) is 6.08 Å². The van der Waals surface area contributed by atoms with Crippen molar-refractivity contribution in [3.8, 4) is 0 Å². The van der Waals surface area contributed by atoms with Gasteiger partial charge in [0.15, 0.2) is 0 Å². The van der Waals surface area contributed by atoms with E-state index in [2.05, 4.69) is 42.8 Å². The van der Waals surface area contributed by atoms with Crippen LogP contribution in [0.25, 0.3) is 0 Å². The van der Waals surface area contributed by atoms with Crippen molar-refractivity contribution in [1.82, 2.24) is 4.90 Å². The summed E-state index contributed by atoms with van der Waals surface area (Å²) in [6.45, 7) is 7.16. The largest absolute Gasteiger partial charge is 0.368 e. The fourth-order valence-corrected chi connectivity index (χ4v) is 1.33. The van der Waals surface area contributed by atoms with Crippen LogP contribution in [0.5, 0.6) is 0 Å². The van der Waals surface area contributed by atoms with Crippen LogP contribution in [0.15, 0.2) is 37.1 Å². The normalized spacial score (nSPS) is 21.4. The van der Waals surface area contributed by atoms with Crippen molar-refractivity contribution in [3.63, 3.8) is 0 Å². The number of unbranched alkanes of at least 4 members (excludes halogenated alkanes) is 1. The Kier molecular flexibility index (Phi) is 3.65. The van der Waals surface area contributed by atoms with Gasteiger partial charge in [-0.25, -0.2) is 0 Å². The van der Waals surface area contributed by atoms with Crippen LogP contribution < -0.4 is 0 Å². The van der Waals surface area contributed by atoms with Gasteiger partial charge in [-0.2, -0.15) is 0 Å². The maximum Gasteiger partial charge on any atom is 0.0652 e. The number of nitrogens with zero attached hydrogens (tertiary/aromatic N) is 1. The molecule has 1 heterocycles. The molecule has 0 N–H and O–H groups in total. The van der Waals surface area contributed by atoms with Gasteiger partial charge < -0.3 is 4.90 Å². The summed E-state index contributed by atoms with van der Waals surface area (Å²) in [5, 5.41) is 0. The van der Waals surface area contributed by atoms with Crippen LogP contribution in [0, 0.1) is 0 Å². The molecule has 1 nitrogen and oxygen atoms in total. The predicted octanol–water partition coefficient (Wildman–Crippen LogP) is 2.73. The minimum atomic E-state index is 0.404. The fraction of sp³-hybridized carbons (Fsp3) is 0.455. The molecule has 0 bridgehead atoms. The van der Waals surface area contributed by atoms with Crippen LogP contribution in [-0.4, -0.2) is 17.5 Å². The SMILES string of the molecule is C=CC1C=CC=CN1CCCC. The zero-order chi connectivity index (χ0) is 8.81. The van der Waals surface area contributed by atoms with Crippen molar-refractivity contribution in [1.29, 1.82) is 0 Å². The highest BCUT2D eigenvalue weighted by atomic mass is 15.1. The van der Waals surface area contributed by atoms with Crippen LogP contribution in [0.1, 0.15) is 19.8 Å². The lowest BCUT2D eigenvalue weighted by Gasteiger charge is -2.27. The highest BCUT2D eigenvalue weighted by molar-refractivity contribution is 5.17. The minimum Gasteiger partial charge on any atom is -0.368 e. The summed E-state index contributed by atoms with van der Waals surface area (Å²) in [6, 6.07) is 0.404. The Bertz CT molecular complexity index is 191. The molecule has 1 heteroatoms. The number of rotatable bonds is 4. The summed E-state index contributed by atoms with van der Waals surface area (Å²) in [5.74, 6) is 0. The molecule has 0 radical (unpaired) electrons. The van der Waals surface area contributed by atoms with E-state index in [4.69, 9.17) is 0 Å². The van der Waals surface area contributed by atoms with Crippen molar-refractivity contribution in [2.45, 2.75) is 25.8 Å². The predicted molar refractivity (Wildman–Crippen MR) is 53.9 cm³/mol. The van der Waals surface area contributed by atoms with E-state index in [0.29, 0.717) is 6.04 Å². The van der Waals surface area contributed by atoms with Crippen LogP contribution in [-0.2, 0) is 0 Å². The Balaban J connectivity index is 2.44. The lowest BCUT2D eigenvalue weighted by molar-refractivity contribution is 0.349. The van der Waals surface area contributed by atoms with Gasteiger partial charge >= 0.3 is 0 Å². The molecule has 0 amide bonds. The molecular formula is C11H17N. The van der Waals surface area contributed by atoms with E-state index >= 15 is 0 Å². The first-order valence-electron chi connectivity index (χ1n) is 4.61. The van der Waals surface area contributed by atoms with Crippen molar-refractivity contribution >= 4 is 0 Å². The summed E-state index contributed by atoms with van der Waals surface area (Å²) >= 11 is 0. The molecule has 0 aromatic heterocycles. The zero-order valence-corrected chi connectivity index (χ0v) is 7.74. The highest BCUT2D eigenvalue weighted by Gasteiger charge is 2.08. The van der Waals surface area contributed by atoms with Gasteiger partial charge in [0.1, 0.15) is 0 Å². The topological polar surface area (TPSA) is 3.24 Å². The van der Waals surface area contributed by atoms with Gasteiger partial charge in [0.2, 0.25) is 0 Å². The number of allylic oxidation sites excluding steroid dienone is 2. The summed E-state index contributed by atoms with van der Waals surface area (Å²) in [4.78, 5) is 2.32. The monoisotopic (exact) mass is 163 g/mol. The average molecular weight is 163 g/mol. The summed E-state index contributed by atoms with van der Waals surface area (Å²) in [6.07, 6.45) is 12.9. The van der Waals surface area contributed by atoms with E-state index in [1.54, 1.807) is 0 Å². The number of hydrogen-bond acceptors (Lipinski definition) is 1. The Morgan fingerprint density at radius 1 is 1.50 bits per heavy atom. The Labute approximate surface area is 75.1 Å². The molecule has 66 valence electrons. The van der Waals surface area contributed by atoms with Crippen LogP contribution in [0.3, 0.4) is 0 Å². The molecule has 0 aliphatic carbocycles. The lowest BCUT2D eigenvalue weighted by atomic mass is 10.1. The summed E-state index contributed by atoms with van der Waals surface area (Å²) in [7, 11) is 0. The molecule has 12 heavy (non-hydrogen) atoms. The first-order valence-corrected chi connectivity index (χ1v) is 4.61. The van der Waals surface area contributed by atoms with Gasteiger partial charge in [-0.1, -0.05) is 31.6 Å². The molecule has 1 atom stereocenters. The second kappa shape index (κ2) is 4.81. The second-order valence-electron chi connectivity index (χ2n) is 3.04. The molecule has 0 aromatic carbocycles. The molecule has 0 aromatic rings. The van der Waals surface area contributed by atoms with Gasteiger partial charge in [-0.05, 0) is 18.7 Å². The van der Waals surface area contributed by atoms with Gasteiger partial charge in [0.25, 0.3) is 0 Å². The first-order chi connectivity index (χ1) is 5.88. The molecule has 1 aliphatic rings. The third-order valence-electron chi connectivity index (χ3n) is 2.09. The van der Waals surface area contributed by atoms with Gasteiger partial charge in [0.05, 0.1) is 6.04 Å². The highest BCUT2D eigenvalue weighted by Crippen LogP contribution is 2.10. The molecule has 1 unspecified atom stereocenters. The van der Waals surface area contributed by atoms with E-state index in [-0.39, 0.29) is 0 Å². The van der Waals surface area contributed by atoms with E-state index in [9.17, 15) is 0 Å². The molecule has 0 spiro atoms. The minimum absolute atomic E-state index is 0.404. The molecule has 1 aliphatic heterocycles. The first kappa shape index (κ1) is 9.11. The van der Waals surface area contributed by atoms with Crippen molar-refractivity contribution < 1.29 is 0 Å². The summed E-state index contributed by atoms with van der Waals surface area (Å²) in [5.41, 5.74) is 0. The maximum atomic E-state index is 3.82. The molecule has 0 fully saturated rings. The molecule has 0 saturated carbocycles. The van der Waals surface area contributed by atoms with Gasteiger partial charge in [-0.3, -0.25) is 0 Å². The molecular weight excluding hydrogens is 146 g/mol. The van der Waals surface area contributed by atoms with Crippen LogP contribution in [0.2, 0.25) is 0 Å². The summed E-state index contributed by atoms with van der Waals surface area (Å²) < 4.78 is 0. The van der Waals surface area contributed by atoms with Gasteiger partial charge in [-0.15, -0.1) is 6.58 Å². The Morgan fingerprint density at radius 3 is 3.00 bits per heavy atom. The van der Waals surface area contributed by atoms with E-state index in [1.165, 1.54) is 12.8 Å². The number of hydrogen-bond donors (Lipinski definition) is 0. The molecule has 0 saturated heterocycles. The van der Waals surface area contributed by atoms with Crippen LogP contribution >= 0.6 is 0 Å². The van der Waals surface area contributed by atoms with Crippen molar-refractivity contribution in [2.24, 2.45) is 0 Å².